The van der Waals surface area contributed by atoms with Gasteiger partial charge in [-0.1, -0.05) is 0 Å². The molecule has 146 valence electrons. The van der Waals surface area contributed by atoms with Gasteiger partial charge in [-0.2, -0.15) is 4.98 Å². The summed E-state index contributed by atoms with van der Waals surface area (Å²) < 4.78 is 24.6. The minimum Gasteiger partial charge on any atom is -0.497 e. The minimum absolute atomic E-state index is 0.183. The van der Waals surface area contributed by atoms with E-state index in [0.29, 0.717) is 17.7 Å². The van der Waals surface area contributed by atoms with E-state index in [-0.39, 0.29) is 11.5 Å². The highest BCUT2D eigenvalue weighted by molar-refractivity contribution is 5.58. The second kappa shape index (κ2) is 7.82. The van der Waals surface area contributed by atoms with Crippen molar-refractivity contribution in [3.63, 3.8) is 0 Å². The molecule has 0 unspecified atom stereocenters. The van der Waals surface area contributed by atoms with Gasteiger partial charge in [0.05, 0.1) is 12.7 Å². The predicted octanol–water partition coefficient (Wildman–Crippen LogP) is 2.10. The van der Waals surface area contributed by atoms with E-state index in [1.165, 1.54) is 6.07 Å². The molecule has 0 saturated carbocycles. The molecule has 0 aliphatic carbocycles. The van der Waals surface area contributed by atoms with Crippen molar-refractivity contribution in [3.8, 4) is 17.2 Å². The lowest BCUT2D eigenvalue weighted by Gasteiger charge is -2.41. The summed E-state index contributed by atoms with van der Waals surface area (Å²) in [7, 11) is 3.72. The molecular formula is C19H26FN5O2. The van der Waals surface area contributed by atoms with Gasteiger partial charge in [-0.05, 0) is 43.2 Å². The zero-order valence-electron chi connectivity index (χ0n) is 15.9. The fraction of sp³-hybridized carbons (Fsp3) is 0.579. The van der Waals surface area contributed by atoms with E-state index in [0.717, 1.165) is 52.1 Å². The van der Waals surface area contributed by atoms with Crippen molar-refractivity contribution in [1.29, 1.82) is 0 Å². The Labute approximate surface area is 158 Å². The van der Waals surface area contributed by atoms with Gasteiger partial charge in [0.25, 0.3) is 11.8 Å². The highest BCUT2D eigenvalue weighted by Crippen LogP contribution is 2.28. The summed E-state index contributed by atoms with van der Waals surface area (Å²) in [5.41, 5.74) is 0.264. The molecule has 7 nitrogen and oxygen atoms in total. The molecule has 2 fully saturated rings. The molecule has 0 radical (unpaired) electrons. The summed E-state index contributed by atoms with van der Waals surface area (Å²) in [6.45, 7) is 6.33. The number of anilines is 1. The van der Waals surface area contributed by atoms with E-state index in [1.54, 1.807) is 19.2 Å². The number of benzene rings is 1. The van der Waals surface area contributed by atoms with Crippen LogP contribution in [0, 0.1) is 5.82 Å². The van der Waals surface area contributed by atoms with Gasteiger partial charge in [-0.3, -0.25) is 4.90 Å². The fourth-order valence-electron chi connectivity index (χ4n) is 3.87. The third-order valence-corrected chi connectivity index (χ3v) is 5.62. The second-order valence-electron chi connectivity index (χ2n) is 7.30. The van der Waals surface area contributed by atoms with Crippen LogP contribution in [0.2, 0.25) is 0 Å². The maximum atomic E-state index is 14.1. The number of piperazine rings is 1. The molecule has 4 rings (SSSR count). The van der Waals surface area contributed by atoms with Crippen LogP contribution in [0.4, 0.5) is 10.3 Å². The Balaban J connectivity index is 1.40. The van der Waals surface area contributed by atoms with Crippen molar-refractivity contribution < 1.29 is 13.7 Å². The SMILES string of the molecule is COc1ccc(F)c(-c2nc(N3CCC(N4CCN(C)CC4)CC3)no2)c1. The number of likely N-dealkylation sites (N-methyl/N-ethyl adjacent to an activating group) is 1. The van der Waals surface area contributed by atoms with E-state index in [2.05, 4.69) is 31.9 Å². The third-order valence-electron chi connectivity index (χ3n) is 5.62. The van der Waals surface area contributed by atoms with Crippen molar-refractivity contribution in [2.45, 2.75) is 18.9 Å². The number of hydrogen-bond acceptors (Lipinski definition) is 7. The summed E-state index contributed by atoms with van der Waals surface area (Å²) in [5, 5.41) is 4.07. The van der Waals surface area contributed by atoms with Gasteiger partial charge in [-0.15, -0.1) is 0 Å². The lowest BCUT2D eigenvalue weighted by Crippen LogP contribution is -2.52. The van der Waals surface area contributed by atoms with Gasteiger partial charge < -0.3 is 19.1 Å². The number of hydrogen-bond donors (Lipinski definition) is 0. The van der Waals surface area contributed by atoms with Gasteiger partial charge in [0, 0.05) is 45.3 Å². The first-order valence-electron chi connectivity index (χ1n) is 9.49. The second-order valence-corrected chi connectivity index (χ2v) is 7.30. The van der Waals surface area contributed by atoms with E-state index < -0.39 is 5.82 Å². The summed E-state index contributed by atoms with van der Waals surface area (Å²) in [6.07, 6.45) is 2.17. The Morgan fingerprint density at radius 2 is 1.85 bits per heavy atom. The van der Waals surface area contributed by atoms with Gasteiger partial charge in [0.2, 0.25) is 0 Å². The maximum Gasteiger partial charge on any atom is 0.266 e. The van der Waals surface area contributed by atoms with Crippen molar-refractivity contribution in [2.24, 2.45) is 0 Å². The zero-order chi connectivity index (χ0) is 18.8. The number of ether oxygens (including phenoxy) is 1. The standard InChI is InChI=1S/C19H26FN5O2/c1-23-9-11-24(12-10-23)14-5-7-25(8-6-14)19-21-18(27-22-19)16-13-15(26-2)3-4-17(16)20/h3-4,13-14H,5-12H2,1-2H3. The van der Waals surface area contributed by atoms with Crippen LogP contribution >= 0.6 is 0 Å². The monoisotopic (exact) mass is 375 g/mol. The van der Waals surface area contributed by atoms with E-state index in [4.69, 9.17) is 9.26 Å². The van der Waals surface area contributed by atoms with Crippen LogP contribution in [0.1, 0.15) is 12.8 Å². The first-order valence-corrected chi connectivity index (χ1v) is 9.49. The van der Waals surface area contributed by atoms with Gasteiger partial charge in [-0.25, -0.2) is 4.39 Å². The number of nitrogens with zero attached hydrogens (tertiary/aromatic N) is 5. The molecule has 2 aliphatic heterocycles. The summed E-state index contributed by atoms with van der Waals surface area (Å²) >= 11 is 0. The number of aromatic nitrogens is 2. The number of rotatable bonds is 4. The van der Waals surface area contributed by atoms with Crippen LogP contribution in [-0.2, 0) is 0 Å². The van der Waals surface area contributed by atoms with E-state index >= 15 is 0 Å². The van der Waals surface area contributed by atoms with Crippen LogP contribution in [-0.4, -0.2) is 79.4 Å². The van der Waals surface area contributed by atoms with Crippen LogP contribution < -0.4 is 9.64 Å². The molecule has 0 bridgehead atoms. The number of methoxy groups -OCH3 is 1. The molecule has 27 heavy (non-hydrogen) atoms. The van der Waals surface area contributed by atoms with E-state index in [1.807, 2.05) is 0 Å². The van der Waals surface area contributed by atoms with Crippen LogP contribution in [0.3, 0.4) is 0 Å². The summed E-state index contributed by atoms with van der Waals surface area (Å²) in [4.78, 5) is 11.5. The summed E-state index contributed by atoms with van der Waals surface area (Å²) in [5.74, 6) is 0.866. The maximum absolute atomic E-state index is 14.1. The predicted molar refractivity (Wildman–Crippen MR) is 101 cm³/mol. The van der Waals surface area contributed by atoms with Gasteiger partial charge >= 0.3 is 0 Å². The Morgan fingerprint density at radius 1 is 1.11 bits per heavy atom. The van der Waals surface area contributed by atoms with Crippen molar-refractivity contribution >= 4 is 5.95 Å². The number of piperidine rings is 1. The average Bonchev–Trinajstić information content (AvgIpc) is 3.19. The molecule has 8 heteroatoms. The Hall–Kier alpha value is -2.19. The zero-order valence-corrected chi connectivity index (χ0v) is 15.9. The van der Waals surface area contributed by atoms with Crippen LogP contribution in [0.15, 0.2) is 22.7 Å². The fourth-order valence-corrected chi connectivity index (χ4v) is 3.87. The molecule has 3 heterocycles. The molecule has 2 aromatic rings. The van der Waals surface area contributed by atoms with Gasteiger partial charge in [0.15, 0.2) is 0 Å². The molecule has 2 saturated heterocycles. The largest absolute Gasteiger partial charge is 0.497 e. The van der Waals surface area contributed by atoms with Crippen molar-refractivity contribution in [2.75, 3.05) is 58.3 Å². The highest BCUT2D eigenvalue weighted by atomic mass is 19.1. The topological polar surface area (TPSA) is 57.9 Å². The molecule has 2 aliphatic rings. The Bertz CT molecular complexity index is 767. The average molecular weight is 375 g/mol. The lowest BCUT2D eigenvalue weighted by molar-refractivity contribution is 0.0980. The summed E-state index contributed by atoms with van der Waals surface area (Å²) in [6, 6.07) is 5.11. The molecule has 1 aromatic heterocycles. The lowest BCUT2D eigenvalue weighted by atomic mass is 10.0. The smallest absolute Gasteiger partial charge is 0.266 e. The third kappa shape index (κ3) is 3.91. The quantitative estimate of drug-likeness (QED) is 0.811. The Morgan fingerprint density at radius 3 is 2.56 bits per heavy atom. The normalized spacial score (nSPS) is 20.2. The highest BCUT2D eigenvalue weighted by Gasteiger charge is 2.28. The number of halogens is 1. The molecule has 0 atom stereocenters. The molecule has 0 amide bonds. The van der Waals surface area contributed by atoms with Crippen LogP contribution in [0.5, 0.6) is 5.75 Å². The van der Waals surface area contributed by atoms with Crippen LogP contribution in [0.25, 0.3) is 11.5 Å². The molecule has 0 spiro atoms. The van der Waals surface area contributed by atoms with Crippen molar-refractivity contribution in [3.05, 3.63) is 24.0 Å². The Kier molecular flexibility index (Phi) is 5.27. The van der Waals surface area contributed by atoms with Crippen molar-refractivity contribution in [1.82, 2.24) is 19.9 Å². The minimum atomic E-state index is -0.403. The van der Waals surface area contributed by atoms with Gasteiger partial charge in [0.1, 0.15) is 11.6 Å². The molecule has 1 aromatic carbocycles. The first kappa shape index (κ1) is 18.2. The van der Waals surface area contributed by atoms with E-state index in [9.17, 15) is 4.39 Å². The molecule has 0 N–H and O–H groups in total. The first-order chi connectivity index (χ1) is 13.1. The molecular weight excluding hydrogens is 349 g/mol.